The minimum Gasteiger partial charge on any atom is -0.444 e. The summed E-state index contributed by atoms with van der Waals surface area (Å²) in [6, 6.07) is 6.99. The Bertz CT molecular complexity index is 698. The average Bonchev–Trinajstić information content (AvgIpc) is 2.94. The van der Waals surface area contributed by atoms with Crippen molar-refractivity contribution in [3.8, 4) is 0 Å². The molecule has 0 saturated carbocycles. The topological polar surface area (TPSA) is 75.7 Å². The number of hydrogen-bond donors (Lipinski definition) is 1. The lowest BCUT2D eigenvalue weighted by Gasteiger charge is -2.28. The van der Waals surface area contributed by atoms with E-state index >= 15 is 0 Å². The fourth-order valence-electron chi connectivity index (χ4n) is 2.68. The van der Waals surface area contributed by atoms with E-state index in [1.807, 2.05) is 32.9 Å². The van der Waals surface area contributed by atoms with Crippen LogP contribution < -0.4 is 4.72 Å². The van der Waals surface area contributed by atoms with Gasteiger partial charge in [-0.25, -0.2) is 17.9 Å². The number of amides is 1. The number of sulfonamides is 1. The molecule has 6 nitrogen and oxygen atoms in total. The maximum atomic E-state index is 12.3. The smallest absolute Gasteiger partial charge is 0.410 e. The molecule has 1 aliphatic rings. The highest BCUT2D eigenvalue weighted by Gasteiger charge is 2.32. The SMILES string of the molecule is CC(C)(C)OC(=O)N1CCC[C@H]1CNS(=O)(=O)Cc1ccc(Br)cc1. The predicted molar refractivity (Wildman–Crippen MR) is 101 cm³/mol. The number of benzene rings is 1. The van der Waals surface area contributed by atoms with Crippen molar-refractivity contribution in [1.29, 1.82) is 0 Å². The summed E-state index contributed by atoms with van der Waals surface area (Å²) in [5, 5.41) is 0. The third kappa shape index (κ3) is 6.60. The van der Waals surface area contributed by atoms with Crippen molar-refractivity contribution in [1.82, 2.24) is 9.62 Å². The van der Waals surface area contributed by atoms with Crippen molar-refractivity contribution in [2.45, 2.75) is 51.0 Å². The van der Waals surface area contributed by atoms with E-state index in [2.05, 4.69) is 20.7 Å². The zero-order valence-electron chi connectivity index (χ0n) is 14.8. The van der Waals surface area contributed by atoms with E-state index in [-0.39, 0.29) is 24.4 Å². The second-order valence-corrected chi connectivity index (χ2v) is 9.93. The van der Waals surface area contributed by atoms with Crippen LogP contribution in [0.15, 0.2) is 28.7 Å². The summed E-state index contributed by atoms with van der Waals surface area (Å²) in [6.07, 6.45) is 1.22. The fourth-order valence-corrected chi connectivity index (χ4v) is 4.13. The molecule has 0 aromatic heterocycles. The van der Waals surface area contributed by atoms with E-state index in [1.165, 1.54) is 0 Å². The van der Waals surface area contributed by atoms with E-state index in [9.17, 15) is 13.2 Å². The molecule has 140 valence electrons. The number of halogens is 1. The summed E-state index contributed by atoms with van der Waals surface area (Å²) in [6.45, 7) is 6.25. The molecular formula is C17H25BrN2O4S. The standard InChI is InChI=1S/C17H25BrN2O4S/c1-17(2,3)24-16(21)20-10-4-5-15(20)11-19-25(22,23)12-13-6-8-14(18)9-7-13/h6-9,15,19H,4-5,10-12H2,1-3H3/t15-/m0/s1. The number of likely N-dealkylation sites (tertiary alicyclic amines) is 1. The molecule has 1 saturated heterocycles. The Morgan fingerprint density at radius 1 is 1.32 bits per heavy atom. The van der Waals surface area contributed by atoms with Crippen molar-refractivity contribution in [3.05, 3.63) is 34.3 Å². The predicted octanol–water partition coefficient (Wildman–Crippen LogP) is 3.27. The summed E-state index contributed by atoms with van der Waals surface area (Å²) in [5.74, 6) is -0.0839. The molecule has 1 heterocycles. The molecular weight excluding hydrogens is 408 g/mol. The summed E-state index contributed by atoms with van der Waals surface area (Å²) in [7, 11) is -3.46. The first-order valence-corrected chi connectivity index (χ1v) is 10.7. The van der Waals surface area contributed by atoms with Crippen molar-refractivity contribution in [2.24, 2.45) is 0 Å². The summed E-state index contributed by atoms with van der Waals surface area (Å²) < 4.78 is 33.5. The van der Waals surface area contributed by atoms with Crippen LogP contribution in [0.1, 0.15) is 39.2 Å². The molecule has 25 heavy (non-hydrogen) atoms. The molecule has 1 atom stereocenters. The lowest BCUT2D eigenvalue weighted by molar-refractivity contribution is 0.0229. The highest BCUT2D eigenvalue weighted by atomic mass is 79.9. The van der Waals surface area contributed by atoms with Crippen LogP contribution in [0.4, 0.5) is 4.79 Å². The van der Waals surface area contributed by atoms with E-state index < -0.39 is 15.6 Å². The van der Waals surface area contributed by atoms with Crippen LogP contribution in [0.3, 0.4) is 0 Å². The molecule has 0 aliphatic carbocycles. The van der Waals surface area contributed by atoms with Gasteiger partial charge < -0.3 is 9.64 Å². The van der Waals surface area contributed by atoms with Gasteiger partial charge in [0.15, 0.2) is 0 Å². The van der Waals surface area contributed by atoms with Gasteiger partial charge >= 0.3 is 6.09 Å². The molecule has 0 unspecified atom stereocenters. The second kappa shape index (κ2) is 8.05. The monoisotopic (exact) mass is 432 g/mol. The van der Waals surface area contributed by atoms with Crippen LogP contribution in [-0.2, 0) is 20.5 Å². The number of rotatable bonds is 5. The van der Waals surface area contributed by atoms with E-state index in [0.29, 0.717) is 12.1 Å². The van der Waals surface area contributed by atoms with E-state index in [4.69, 9.17) is 4.74 Å². The highest BCUT2D eigenvalue weighted by molar-refractivity contribution is 9.10. The quantitative estimate of drug-likeness (QED) is 0.774. The van der Waals surface area contributed by atoms with Crippen molar-refractivity contribution in [2.75, 3.05) is 13.1 Å². The van der Waals surface area contributed by atoms with Gasteiger partial charge in [0.2, 0.25) is 10.0 Å². The number of carbonyl (C=O) groups excluding carboxylic acids is 1. The minimum absolute atomic E-state index is 0.0839. The highest BCUT2D eigenvalue weighted by Crippen LogP contribution is 2.21. The molecule has 1 aliphatic heterocycles. The van der Waals surface area contributed by atoms with Crippen molar-refractivity contribution >= 4 is 32.0 Å². The van der Waals surface area contributed by atoms with Gasteiger partial charge in [-0.15, -0.1) is 0 Å². The van der Waals surface area contributed by atoms with Crippen LogP contribution in [0.5, 0.6) is 0 Å². The Hall–Kier alpha value is -1.12. The largest absolute Gasteiger partial charge is 0.444 e. The average molecular weight is 433 g/mol. The van der Waals surface area contributed by atoms with Gasteiger partial charge in [-0.3, -0.25) is 0 Å². The maximum absolute atomic E-state index is 12.3. The third-order valence-corrected chi connectivity index (χ3v) is 5.66. The molecule has 1 N–H and O–H groups in total. The van der Waals surface area contributed by atoms with E-state index in [0.717, 1.165) is 17.3 Å². The third-order valence-electron chi connectivity index (χ3n) is 3.81. The molecule has 0 spiro atoms. The number of nitrogens with one attached hydrogen (secondary N) is 1. The van der Waals surface area contributed by atoms with Gasteiger partial charge in [-0.05, 0) is 51.3 Å². The van der Waals surface area contributed by atoms with Gasteiger partial charge in [0.05, 0.1) is 5.75 Å². The molecule has 1 aromatic carbocycles. The zero-order valence-corrected chi connectivity index (χ0v) is 17.2. The van der Waals surface area contributed by atoms with Crippen LogP contribution in [-0.4, -0.2) is 44.1 Å². The number of nitrogens with zero attached hydrogens (tertiary/aromatic N) is 1. The Labute approximate surface area is 158 Å². The molecule has 0 bridgehead atoms. The molecule has 0 radical (unpaired) electrons. The molecule has 2 rings (SSSR count). The van der Waals surface area contributed by atoms with Gasteiger partial charge in [0.1, 0.15) is 5.60 Å². The first-order chi connectivity index (χ1) is 11.6. The Morgan fingerprint density at radius 2 is 1.96 bits per heavy atom. The first-order valence-electron chi connectivity index (χ1n) is 8.27. The molecule has 8 heteroatoms. The number of hydrogen-bond acceptors (Lipinski definition) is 4. The Morgan fingerprint density at radius 3 is 2.56 bits per heavy atom. The van der Waals surface area contributed by atoms with Crippen LogP contribution in [0.2, 0.25) is 0 Å². The second-order valence-electron chi connectivity index (χ2n) is 7.20. The number of carbonyl (C=O) groups is 1. The van der Waals surface area contributed by atoms with Gasteiger partial charge in [0, 0.05) is 23.6 Å². The lowest BCUT2D eigenvalue weighted by atomic mass is 10.2. The zero-order chi connectivity index (χ0) is 18.7. The lowest BCUT2D eigenvalue weighted by Crippen LogP contribution is -2.45. The van der Waals surface area contributed by atoms with Gasteiger partial charge in [-0.2, -0.15) is 0 Å². The molecule has 1 aromatic rings. The number of ether oxygens (including phenoxy) is 1. The normalized spacial score (nSPS) is 18.4. The fraction of sp³-hybridized carbons (Fsp3) is 0.588. The molecule has 1 amide bonds. The minimum atomic E-state index is -3.46. The summed E-state index contributed by atoms with van der Waals surface area (Å²) in [5.41, 5.74) is 0.150. The maximum Gasteiger partial charge on any atom is 0.410 e. The van der Waals surface area contributed by atoms with Crippen molar-refractivity contribution < 1.29 is 17.9 Å². The summed E-state index contributed by atoms with van der Waals surface area (Å²) >= 11 is 3.33. The van der Waals surface area contributed by atoms with E-state index in [1.54, 1.807) is 17.0 Å². The van der Waals surface area contributed by atoms with Gasteiger partial charge in [-0.1, -0.05) is 28.1 Å². The van der Waals surface area contributed by atoms with Crippen LogP contribution >= 0.6 is 15.9 Å². The van der Waals surface area contributed by atoms with Crippen LogP contribution in [0.25, 0.3) is 0 Å². The Kier molecular flexibility index (Phi) is 6.51. The van der Waals surface area contributed by atoms with Crippen molar-refractivity contribution in [3.63, 3.8) is 0 Å². The molecule has 1 fully saturated rings. The first kappa shape index (κ1) is 20.2. The summed E-state index contributed by atoms with van der Waals surface area (Å²) in [4.78, 5) is 13.9. The Balaban J connectivity index is 1.92. The van der Waals surface area contributed by atoms with Gasteiger partial charge in [0.25, 0.3) is 0 Å². The van der Waals surface area contributed by atoms with Crippen LogP contribution in [0, 0.1) is 0 Å².